The number of likely N-dealkylation sites (N-methyl/N-ethyl adjacent to an activating group) is 1. The van der Waals surface area contributed by atoms with Gasteiger partial charge in [-0.3, -0.25) is 14.4 Å². The fourth-order valence-electron chi connectivity index (χ4n) is 5.72. The fraction of sp³-hybridized carbons (Fsp3) is 0.472. The average molecular weight is 624 g/mol. The predicted octanol–water partition coefficient (Wildman–Crippen LogP) is 6.53. The van der Waals surface area contributed by atoms with Gasteiger partial charge >= 0.3 is 5.97 Å². The molecule has 2 atom stereocenters. The Kier molecular flexibility index (Phi) is 12.2. The molecule has 0 saturated heterocycles. The van der Waals surface area contributed by atoms with E-state index in [1.807, 2.05) is 64.9 Å². The molecule has 3 aromatic rings. The zero-order valence-electron chi connectivity index (χ0n) is 28.0. The molecule has 0 saturated carbocycles. The van der Waals surface area contributed by atoms with Crippen LogP contribution in [-0.4, -0.2) is 48.6 Å². The van der Waals surface area contributed by atoms with E-state index >= 15 is 8.78 Å². The first kappa shape index (κ1) is 35.6. The predicted molar refractivity (Wildman–Crippen MR) is 174 cm³/mol. The van der Waals surface area contributed by atoms with Crippen LogP contribution in [0.4, 0.5) is 8.78 Å². The smallest absolute Gasteiger partial charge is 0.308 e. The highest BCUT2D eigenvalue weighted by molar-refractivity contribution is 5.82. The number of esters is 1. The van der Waals surface area contributed by atoms with E-state index in [2.05, 4.69) is 5.32 Å². The Bertz CT molecular complexity index is 1580. The van der Waals surface area contributed by atoms with Gasteiger partial charge in [0.15, 0.2) is 5.82 Å². The monoisotopic (exact) mass is 623 g/mol. The third-order valence-corrected chi connectivity index (χ3v) is 8.11. The number of hydrogen-bond donors (Lipinski definition) is 1. The minimum absolute atomic E-state index is 0.0444. The highest BCUT2D eigenvalue weighted by Gasteiger charge is 2.30. The van der Waals surface area contributed by atoms with Crippen LogP contribution >= 0.6 is 0 Å². The van der Waals surface area contributed by atoms with E-state index in [4.69, 9.17) is 4.74 Å². The number of carbonyl (C=O) groups is 2. The summed E-state index contributed by atoms with van der Waals surface area (Å²) < 4.78 is 37.6. The highest BCUT2D eigenvalue weighted by Crippen LogP contribution is 2.34. The number of benzene rings is 2. The normalized spacial score (nSPS) is 12.8. The van der Waals surface area contributed by atoms with Gasteiger partial charge in [0.05, 0.1) is 19.1 Å². The number of aryl methyl sites for hydroxylation is 3. The Morgan fingerprint density at radius 1 is 1.00 bits per heavy atom. The molecule has 0 aliphatic carbocycles. The van der Waals surface area contributed by atoms with Gasteiger partial charge in [-0.2, -0.15) is 0 Å². The van der Waals surface area contributed by atoms with Crippen molar-refractivity contribution in [2.24, 2.45) is 5.92 Å². The van der Waals surface area contributed by atoms with Gasteiger partial charge in [0.1, 0.15) is 11.9 Å². The third-order valence-electron chi connectivity index (χ3n) is 8.11. The van der Waals surface area contributed by atoms with Gasteiger partial charge in [0, 0.05) is 18.3 Å². The van der Waals surface area contributed by atoms with Gasteiger partial charge in [0.2, 0.25) is 5.91 Å². The number of amides is 1. The minimum Gasteiger partial charge on any atom is -0.466 e. The van der Waals surface area contributed by atoms with Gasteiger partial charge in [-0.05, 0) is 119 Å². The summed E-state index contributed by atoms with van der Waals surface area (Å²) >= 11 is 0. The van der Waals surface area contributed by atoms with Crippen molar-refractivity contribution in [3.05, 3.63) is 91.9 Å². The Morgan fingerprint density at radius 3 is 2.22 bits per heavy atom. The molecule has 9 heteroatoms. The maximum Gasteiger partial charge on any atom is 0.308 e. The van der Waals surface area contributed by atoms with E-state index in [-0.39, 0.29) is 36.5 Å². The summed E-state index contributed by atoms with van der Waals surface area (Å²) in [6, 6.07) is 7.11. The molecule has 0 aliphatic heterocycles. The van der Waals surface area contributed by atoms with Crippen LogP contribution in [0.1, 0.15) is 79.1 Å². The van der Waals surface area contributed by atoms with Crippen molar-refractivity contribution in [3.8, 4) is 11.1 Å². The van der Waals surface area contributed by atoms with Gasteiger partial charge in [-0.25, -0.2) is 8.78 Å². The number of nitrogens with one attached hydrogen (secondary N) is 1. The van der Waals surface area contributed by atoms with Crippen LogP contribution in [0.2, 0.25) is 0 Å². The number of aromatic nitrogens is 1. The molecule has 1 amide bonds. The third kappa shape index (κ3) is 8.66. The molecule has 1 unspecified atom stereocenters. The first-order chi connectivity index (χ1) is 21.2. The van der Waals surface area contributed by atoms with Crippen molar-refractivity contribution in [1.29, 1.82) is 0 Å². The number of rotatable bonds is 13. The molecule has 1 N–H and O–H groups in total. The molecule has 0 bridgehead atoms. The van der Waals surface area contributed by atoms with E-state index in [1.165, 1.54) is 0 Å². The number of carbonyl (C=O) groups excluding carboxylic acids is 2. The van der Waals surface area contributed by atoms with E-state index in [0.29, 0.717) is 24.1 Å². The van der Waals surface area contributed by atoms with Crippen LogP contribution in [0, 0.1) is 45.2 Å². The molecule has 244 valence electrons. The van der Waals surface area contributed by atoms with Crippen LogP contribution < -0.4 is 10.9 Å². The Hall–Kier alpha value is -3.85. The van der Waals surface area contributed by atoms with E-state index < -0.39 is 41.2 Å². The molecule has 0 spiro atoms. The van der Waals surface area contributed by atoms with Crippen LogP contribution in [0.3, 0.4) is 0 Å². The van der Waals surface area contributed by atoms with Crippen molar-refractivity contribution < 1.29 is 23.1 Å². The topological polar surface area (TPSA) is 80.6 Å². The van der Waals surface area contributed by atoms with Gasteiger partial charge < -0.3 is 19.5 Å². The van der Waals surface area contributed by atoms with Gasteiger partial charge in [0.25, 0.3) is 5.56 Å². The first-order valence-electron chi connectivity index (χ1n) is 15.5. The highest BCUT2D eigenvalue weighted by atomic mass is 19.1. The summed E-state index contributed by atoms with van der Waals surface area (Å²) in [7, 11) is 3.80. The molecule has 45 heavy (non-hydrogen) atoms. The van der Waals surface area contributed by atoms with Crippen LogP contribution in [0.15, 0.2) is 41.3 Å². The minimum atomic E-state index is -1.10. The van der Waals surface area contributed by atoms with Crippen LogP contribution in [-0.2, 0) is 20.7 Å². The van der Waals surface area contributed by atoms with E-state index in [0.717, 1.165) is 26.8 Å². The van der Waals surface area contributed by atoms with Crippen molar-refractivity contribution in [1.82, 2.24) is 14.8 Å². The summed E-state index contributed by atoms with van der Waals surface area (Å²) in [6.07, 6.45) is 1.93. The summed E-state index contributed by atoms with van der Waals surface area (Å²) in [4.78, 5) is 42.1. The molecule has 0 aliphatic rings. The summed E-state index contributed by atoms with van der Waals surface area (Å²) in [5, 5.41) is 2.86. The van der Waals surface area contributed by atoms with Crippen molar-refractivity contribution >= 4 is 11.9 Å². The SMILES string of the molecule is CCOC(=O)C[C@H](NC(=O)C(CC(C)C)n1cc(CCN(C)C)c(C)c(F)c1=O)c1cc(-c2c(C)cccc2C)cc(C)c1F. The van der Waals surface area contributed by atoms with Gasteiger partial charge in [-0.1, -0.05) is 32.0 Å². The Labute approximate surface area is 265 Å². The summed E-state index contributed by atoms with van der Waals surface area (Å²) in [5.74, 6) is -2.72. The van der Waals surface area contributed by atoms with Gasteiger partial charge in [-0.15, -0.1) is 0 Å². The lowest BCUT2D eigenvalue weighted by atomic mass is 9.90. The maximum absolute atomic E-state index is 15.9. The lowest BCUT2D eigenvalue weighted by molar-refractivity contribution is -0.144. The quantitative estimate of drug-likeness (QED) is 0.219. The zero-order chi connectivity index (χ0) is 33.6. The maximum atomic E-state index is 15.9. The molecule has 0 fully saturated rings. The molecular formula is C36H47F2N3O4. The summed E-state index contributed by atoms with van der Waals surface area (Å²) in [5.41, 5.74) is 4.15. The second kappa shape index (κ2) is 15.4. The first-order valence-corrected chi connectivity index (χ1v) is 15.5. The average Bonchev–Trinajstić information content (AvgIpc) is 2.95. The van der Waals surface area contributed by atoms with Crippen molar-refractivity contribution in [2.45, 2.75) is 79.8 Å². The lowest BCUT2D eigenvalue weighted by Gasteiger charge is -2.27. The van der Waals surface area contributed by atoms with Crippen LogP contribution in [0.25, 0.3) is 11.1 Å². The van der Waals surface area contributed by atoms with Crippen molar-refractivity contribution in [3.63, 3.8) is 0 Å². The van der Waals surface area contributed by atoms with Crippen molar-refractivity contribution in [2.75, 3.05) is 27.2 Å². The molecule has 0 radical (unpaired) electrons. The number of halogens is 2. The molecule has 7 nitrogen and oxygen atoms in total. The molecule has 1 aromatic heterocycles. The molecule has 2 aromatic carbocycles. The molecular weight excluding hydrogens is 576 g/mol. The standard InChI is InChI=1S/C36H47F2N3O4/c1-10-45-31(42)19-29(28-18-27(17-24(6)33(28)37)32-22(4)12-11-13-23(32)5)39-35(43)30(16-21(2)3)41-20-26(14-15-40(8)9)25(7)34(38)36(41)44/h11-13,17-18,20-21,29-30H,10,14-16,19H2,1-9H3,(H,39,43)/t29-,30?/m0/s1. The number of pyridine rings is 1. The van der Waals surface area contributed by atoms with E-state index in [9.17, 15) is 14.4 Å². The fourth-order valence-corrected chi connectivity index (χ4v) is 5.72. The largest absolute Gasteiger partial charge is 0.466 e. The number of ether oxygens (including phenoxy) is 1. The van der Waals surface area contributed by atoms with Crippen LogP contribution in [0.5, 0.6) is 0 Å². The Balaban J connectivity index is 2.15. The second-order valence-electron chi connectivity index (χ2n) is 12.5. The molecule has 1 heterocycles. The Morgan fingerprint density at radius 2 is 1.64 bits per heavy atom. The number of hydrogen-bond acceptors (Lipinski definition) is 5. The summed E-state index contributed by atoms with van der Waals surface area (Å²) in [6.45, 7) is 13.4. The lowest BCUT2D eigenvalue weighted by Crippen LogP contribution is -2.41. The second-order valence-corrected chi connectivity index (χ2v) is 12.5. The molecule has 3 rings (SSSR count). The number of nitrogens with zero attached hydrogens (tertiary/aromatic N) is 2. The zero-order valence-corrected chi connectivity index (χ0v) is 28.0. The van der Waals surface area contributed by atoms with E-state index in [1.54, 1.807) is 39.1 Å².